The lowest BCUT2D eigenvalue weighted by Gasteiger charge is -2.31. The summed E-state index contributed by atoms with van der Waals surface area (Å²) < 4.78 is 36.7. The molecule has 12 heteroatoms. The quantitative estimate of drug-likeness (QED) is 0.384. The molecule has 2 aliphatic heterocycles. The Morgan fingerprint density at radius 3 is 2.32 bits per heavy atom. The van der Waals surface area contributed by atoms with Crippen LogP contribution in [0.3, 0.4) is 0 Å². The van der Waals surface area contributed by atoms with E-state index >= 15 is 0 Å². The van der Waals surface area contributed by atoms with Gasteiger partial charge in [0.1, 0.15) is 4.90 Å². The molecule has 0 aliphatic carbocycles. The fourth-order valence-corrected chi connectivity index (χ4v) is 6.63. The van der Waals surface area contributed by atoms with Gasteiger partial charge in [0.15, 0.2) is 0 Å². The minimum atomic E-state index is -3.97. The van der Waals surface area contributed by atoms with Crippen molar-refractivity contribution in [3.05, 3.63) is 86.2 Å². The summed E-state index contributed by atoms with van der Waals surface area (Å²) in [6.07, 6.45) is 0.0613. The number of halogens is 2. The number of nitrogens with one attached hydrogen (secondary N) is 1. The molecule has 2 aromatic carbocycles. The molecule has 1 atom stereocenters. The van der Waals surface area contributed by atoms with E-state index in [9.17, 15) is 22.8 Å². The molecule has 0 aromatic heterocycles. The lowest BCUT2D eigenvalue weighted by Crippen LogP contribution is -2.33. The van der Waals surface area contributed by atoms with Crippen LogP contribution in [0.2, 0.25) is 10.0 Å². The Balaban J connectivity index is 1.54. The largest absolute Gasteiger partial charge is 0.466 e. The smallest absolute Gasteiger partial charge is 0.336 e. The van der Waals surface area contributed by atoms with Crippen LogP contribution in [-0.4, -0.2) is 50.8 Å². The molecule has 0 bridgehead atoms. The number of dihydropyridines is 1. The van der Waals surface area contributed by atoms with Crippen LogP contribution in [0, 0.1) is 0 Å². The Kier molecular flexibility index (Phi) is 7.87. The second kappa shape index (κ2) is 10.8. The SMILES string of the molecule is COC(=O)C1=C(C)NC(C)=C(C(=O)OCCCN2C(=O)c3ccccc3S2(=O)=O)C1c1cccc(Cl)c1Cl. The molecular weight excluding hydrogens is 555 g/mol. The van der Waals surface area contributed by atoms with E-state index in [1.807, 2.05) is 0 Å². The van der Waals surface area contributed by atoms with Crippen molar-refractivity contribution >= 4 is 51.1 Å². The molecule has 200 valence electrons. The molecule has 1 unspecified atom stereocenters. The molecule has 0 radical (unpaired) electrons. The predicted octanol–water partition coefficient (Wildman–Crippen LogP) is 4.18. The maximum Gasteiger partial charge on any atom is 0.336 e. The number of ether oxygens (including phenoxy) is 2. The molecule has 1 amide bonds. The zero-order valence-electron chi connectivity index (χ0n) is 20.7. The van der Waals surface area contributed by atoms with Crippen molar-refractivity contribution in [3.63, 3.8) is 0 Å². The van der Waals surface area contributed by atoms with Crippen LogP contribution in [0.5, 0.6) is 0 Å². The Bertz CT molecular complexity index is 1520. The third-order valence-electron chi connectivity index (χ3n) is 6.33. The summed E-state index contributed by atoms with van der Waals surface area (Å²) in [4.78, 5) is 38.7. The Labute approximate surface area is 230 Å². The van der Waals surface area contributed by atoms with E-state index in [4.69, 9.17) is 32.7 Å². The van der Waals surface area contributed by atoms with Crippen LogP contribution in [0.1, 0.15) is 42.1 Å². The Hall–Kier alpha value is -3.34. The Morgan fingerprint density at radius 2 is 1.66 bits per heavy atom. The van der Waals surface area contributed by atoms with Gasteiger partial charge in [-0.1, -0.05) is 47.5 Å². The zero-order valence-corrected chi connectivity index (χ0v) is 23.0. The van der Waals surface area contributed by atoms with Gasteiger partial charge in [-0.2, -0.15) is 0 Å². The van der Waals surface area contributed by atoms with Gasteiger partial charge in [0.25, 0.3) is 15.9 Å². The molecule has 4 rings (SSSR count). The monoisotopic (exact) mass is 578 g/mol. The van der Waals surface area contributed by atoms with Crippen molar-refractivity contribution < 1.29 is 32.3 Å². The van der Waals surface area contributed by atoms with E-state index in [0.29, 0.717) is 17.0 Å². The number of amides is 1. The molecule has 9 nitrogen and oxygen atoms in total. The van der Waals surface area contributed by atoms with E-state index in [0.717, 1.165) is 4.31 Å². The molecule has 38 heavy (non-hydrogen) atoms. The lowest BCUT2D eigenvalue weighted by molar-refractivity contribution is -0.139. The third-order valence-corrected chi connectivity index (χ3v) is 9.00. The second-order valence-electron chi connectivity index (χ2n) is 8.64. The topological polar surface area (TPSA) is 119 Å². The van der Waals surface area contributed by atoms with Gasteiger partial charge in [0.05, 0.1) is 46.4 Å². The summed E-state index contributed by atoms with van der Waals surface area (Å²) in [6, 6.07) is 10.9. The molecule has 0 spiro atoms. The molecule has 1 N–H and O–H groups in total. The van der Waals surface area contributed by atoms with Crippen molar-refractivity contribution in [2.75, 3.05) is 20.3 Å². The number of rotatable bonds is 7. The lowest BCUT2D eigenvalue weighted by atomic mass is 9.80. The van der Waals surface area contributed by atoms with E-state index in [2.05, 4.69) is 5.32 Å². The highest BCUT2D eigenvalue weighted by Crippen LogP contribution is 2.43. The standard InChI is InChI=1S/C26H24Cl2N2O7S/c1-14-20(25(32)36-3)22(17-9-6-10-18(27)23(17)28)21(15(2)29-14)26(33)37-13-7-12-30-24(31)16-8-4-5-11-19(16)38(30,34)35/h4-6,8-11,22,29H,7,12-13H2,1-3H3. The van der Waals surface area contributed by atoms with Crippen LogP contribution in [0.15, 0.2) is 69.9 Å². The maximum atomic E-state index is 13.3. The first kappa shape index (κ1) is 27.7. The van der Waals surface area contributed by atoms with Crippen LogP contribution >= 0.6 is 23.2 Å². The summed E-state index contributed by atoms with van der Waals surface area (Å²) in [5.41, 5.74) is 1.73. The van der Waals surface area contributed by atoms with Gasteiger partial charge in [-0.15, -0.1) is 0 Å². The first-order chi connectivity index (χ1) is 18.0. The summed E-state index contributed by atoms with van der Waals surface area (Å²) in [5.74, 6) is -2.96. The highest BCUT2D eigenvalue weighted by atomic mass is 35.5. The number of carbonyl (C=O) groups is 3. The normalized spacial score (nSPS) is 18.3. The number of hydrogen-bond donors (Lipinski definition) is 1. The van der Waals surface area contributed by atoms with Gasteiger partial charge in [0.2, 0.25) is 0 Å². The summed E-state index contributed by atoms with van der Waals surface area (Å²) >= 11 is 12.7. The van der Waals surface area contributed by atoms with Crippen molar-refractivity contribution in [2.24, 2.45) is 0 Å². The number of benzene rings is 2. The fourth-order valence-electron chi connectivity index (χ4n) is 4.60. The van der Waals surface area contributed by atoms with Crippen molar-refractivity contribution in [1.82, 2.24) is 9.62 Å². The fraction of sp³-hybridized carbons (Fsp3) is 0.269. The number of esters is 2. The van der Waals surface area contributed by atoms with Gasteiger partial charge >= 0.3 is 11.9 Å². The number of nitrogens with zero attached hydrogens (tertiary/aromatic N) is 1. The zero-order chi connectivity index (χ0) is 27.8. The summed E-state index contributed by atoms with van der Waals surface area (Å²) in [6.45, 7) is 2.98. The van der Waals surface area contributed by atoms with Crippen molar-refractivity contribution in [2.45, 2.75) is 31.1 Å². The molecule has 2 heterocycles. The molecule has 2 aromatic rings. The average Bonchev–Trinajstić information content (AvgIpc) is 3.07. The first-order valence-electron chi connectivity index (χ1n) is 11.5. The van der Waals surface area contributed by atoms with Crippen LogP contribution < -0.4 is 5.32 Å². The summed E-state index contributed by atoms with van der Waals surface area (Å²) in [7, 11) is -2.74. The van der Waals surface area contributed by atoms with Gasteiger partial charge in [-0.3, -0.25) is 4.79 Å². The van der Waals surface area contributed by atoms with Gasteiger partial charge < -0.3 is 14.8 Å². The molecular formula is C26H24Cl2N2O7S. The Morgan fingerprint density at radius 1 is 1.00 bits per heavy atom. The van der Waals surface area contributed by atoms with E-state index < -0.39 is 33.8 Å². The minimum Gasteiger partial charge on any atom is -0.466 e. The van der Waals surface area contributed by atoms with Crippen LogP contribution in [0.4, 0.5) is 0 Å². The van der Waals surface area contributed by atoms with Gasteiger partial charge in [-0.25, -0.2) is 22.3 Å². The number of allylic oxidation sites excluding steroid dienone is 2. The molecule has 0 saturated heterocycles. The number of carbonyl (C=O) groups excluding carboxylic acids is 3. The second-order valence-corrected chi connectivity index (χ2v) is 11.3. The van der Waals surface area contributed by atoms with Gasteiger partial charge in [0, 0.05) is 24.4 Å². The van der Waals surface area contributed by atoms with E-state index in [1.54, 1.807) is 44.2 Å². The average molecular weight is 579 g/mol. The van der Waals surface area contributed by atoms with Crippen LogP contribution in [-0.2, 0) is 29.1 Å². The minimum absolute atomic E-state index is 0.0465. The van der Waals surface area contributed by atoms with Crippen molar-refractivity contribution in [3.8, 4) is 0 Å². The number of hydrogen-bond acceptors (Lipinski definition) is 8. The molecule has 0 saturated carbocycles. The molecule has 0 fully saturated rings. The number of sulfonamides is 1. The van der Waals surface area contributed by atoms with E-state index in [-0.39, 0.29) is 51.2 Å². The number of methoxy groups -OCH3 is 1. The highest BCUT2D eigenvalue weighted by Gasteiger charge is 2.41. The van der Waals surface area contributed by atoms with E-state index in [1.165, 1.54) is 19.2 Å². The first-order valence-corrected chi connectivity index (χ1v) is 13.7. The summed E-state index contributed by atoms with van der Waals surface area (Å²) in [5, 5.41) is 3.44. The predicted molar refractivity (Wildman–Crippen MR) is 140 cm³/mol. The van der Waals surface area contributed by atoms with Crippen LogP contribution in [0.25, 0.3) is 0 Å². The van der Waals surface area contributed by atoms with Crippen molar-refractivity contribution in [1.29, 1.82) is 0 Å². The van der Waals surface area contributed by atoms with Gasteiger partial charge in [-0.05, 0) is 37.6 Å². The highest BCUT2D eigenvalue weighted by molar-refractivity contribution is 7.90. The molecule has 2 aliphatic rings. The third kappa shape index (κ3) is 4.79. The maximum absolute atomic E-state index is 13.3. The number of fused-ring (bicyclic) bond motifs is 1.